The van der Waals surface area contributed by atoms with Gasteiger partial charge in [0.15, 0.2) is 0 Å². The molecule has 2 atom stereocenters. The number of ether oxygens (including phenoxy) is 1. The van der Waals surface area contributed by atoms with Crippen LogP contribution in [0, 0.1) is 11.3 Å². The van der Waals surface area contributed by atoms with Crippen molar-refractivity contribution in [3.05, 3.63) is 0 Å². The summed E-state index contributed by atoms with van der Waals surface area (Å²) in [5, 5.41) is 3.86. The lowest BCUT2D eigenvalue weighted by atomic mass is 9.89. The van der Waals surface area contributed by atoms with Crippen LogP contribution in [-0.2, 0) is 4.74 Å². The molecule has 0 aromatic rings. The highest BCUT2D eigenvalue weighted by Gasteiger charge is 2.53. The highest BCUT2D eigenvalue weighted by Crippen LogP contribution is 2.60. The number of nitrogens with one attached hydrogen (secondary N) is 1. The second-order valence-corrected chi connectivity index (χ2v) is 6.86. The van der Waals surface area contributed by atoms with Gasteiger partial charge >= 0.3 is 0 Å². The fraction of sp³-hybridized carbons (Fsp3) is 1.00. The van der Waals surface area contributed by atoms with Crippen molar-refractivity contribution in [1.82, 2.24) is 5.32 Å². The van der Waals surface area contributed by atoms with Crippen molar-refractivity contribution < 1.29 is 4.74 Å². The minimum atomic E-state index is 0.131. The molecule has 1 aliphatic heterocycles. The zero-order valence-corrected chi connectivity index (χ0v) is 11.4. The summed E-state index contributed by atoms with van der Waals surface area (Å²) in [6.45, 7) is 6.74. The molecule has 1 heterocycles. The topological polar surface area (TPSA) is 21.3 Å². The first-order valence-corrected chi connectivity index (χ1v) is 7.53. The normalized spacial score (nSPS) is 40.2. The summed E-state index contributed by atoms with van der Waals surface area (Å²) in [6, 6.07) is 0.699. The summed E-state index contributed by atoms with van der Waals surface area (Å²) in [7, 11) is 0. The number of rotatable bonds is 5. The van der Waals surface area contributed by atoms with Crippen LogP contribution in [0.25, 0.3) is 0 Å². The van der Waals surface area contributed by atoms with Gasteiger partial charge in [0.2, 0.25) is 0 Å². The van der Waals surface area contributed by atoms with Gasteiger partial charge < -0.3 is 10.1 Å². The van der Waals surface area contributed by atoms with Crippen molar-refractivity contribution >= 4 is 0 Å². The standard InChI is InChI=1S/C15H27NO/c1-3-14(2)10-13(6-9-17-14)16-11-15(7-8-15)12-4-5-12/h12-13,16H,3-11H2,1-2H3. The molecule has 1 N–H and O–H groups in total. The van der Waals surface area contributed by atoms with E-state index in [9.17, 15) is 0 Å². The van der Waals surface area contributed by atoms with Gasteiger partial charge in [-0.3, -0.25) is 0 Å². The van der Waals surface area contributed by atoms with E-state index in [1.165, 1.54) is 45.1 Å². The molecule has 2 saturated carbocycles. The summed E-state index contributed by atoms with van der Waals surface area (Å²) < 4.78 is 5.91. The van der Waals surface area contributed by atoms with Crippen molar-refractivity contribution in [2.45, 2.75) is 70.4 Å². The van der Waals surface area contributed by atoms with Crippen LogP contribution in [0.15, 0.2) is 0 Å². The van der Waals surface area contributed by atoms with Gasteiger partial charge in [0.1, 0.15) is 0 Å². The Hall–Kier alpha value is -0.0800. The second-order valence-electron chi connectivity index (χ2n) is 6.86. The first-order valence-electron chi connectivity index (χ1n) is 7.53. The smallest absolute Gasteiger partial charge is 0.0666 e. The Kier molecular flexibility index (Phi) is 2.99. The summed E-state index contributed by atoms with van der Waals surface area (Å²) in [6.07, 6.45) is 9.52. The second kappa shape index (κ2) is 4.24. The van der Waals surface area contributed by atoms with Crippen LogP contribution in [0.1, 0.15) is 58.8 Å². The van der Waals surface area contributed by atoms with Crippen LogP contribution >= 0.6 is 0 Å². The molecule has 3 aliphatic rings. The maximum Gasteiger partial charge on any atom is 0.0666 e. The third-order valence-corrected chi connectivity index (χ3v) is 5.42. The van der Waals surface area contributed by atoms with E-state index >= 15 is 0 Å². The Labute approximate surface area is 105 Å². The number of hydrogen-bond donors (Lipinski definition) is 1. The molecule has 0 amide bonds. The Morgan fingerprint density at radius 2 is 2.00 bits per heavy atom. The van der Waals surface area contributed by atoms with Gasteiger partial charge in [0, 0.05) is 19.2 Å². The van der Waals surface area contributed by atoms with E-state index in [0.717, 1.165) is 24.4 Å². The Morgan fingerprint density at radius 1 is 1.24 bits per heavy atom. The SMILES string of the molecule is CCC1(C)CC(NCC2(C3CC3)CC2)CCO1. The molecular weight excluding hydrogens is 210 g/mol. The fourth-order valence-corrected chi connectivity index (χ4v) is 3.48. The average molecular weight is 237 g/mol. The molecule has 2 heteroatoms. The molecule has 0 aromatic heterocycles. The van der Waals surface area contributed by atoms with Crippen LogP contribution in [-0.4, -0.2) is 24.8 Å². The quantitative estimate of drug-likeness (QED) is 0.793. The van der Waals surface area contributed by atoms with Gasteiger partial charge in [-0.1, -0.05) is 6.92 Å². The van der Waals surface area contributed by atoms with E-state index in [-0.39, 0.29) is 5.60 Å². The van der Waals surface area contributed by atoms with Gasteiger partial charge in [-0.15, -0.1) is 0 Å². The molecule has 98 valence electrons. The predicted octanol–water partition coefficient (Wildman–Crippen LogP) is 3.11. The van der Waals surface area contributed by atoms with Crippen molar-refractivity contribution in [1.29, 1.82) is 0 Å². The highest BCUT2D eigenvalue weighted by atomic mass is 16.5. The summed E-state index contributed by atoms with van der Waals surface area (Å²) >= 11 is 0. The highest BCUT2D eigenvalue weighted by molar-refractivity contribution is 5.05. The van der Waals surface area contributed by atoms with Gasteiger partial charge in [0.25, 0.3) is 0 Å². The molecule has 0 bridgehead atoms. The Balaban J connectivity index is 1.48. The Morgan fingerprint density at radius 3 is 2.59 bits per heavy atom. The molecule has 0 aromatic carbocycles. The largest absolute Gasteiger partial charge is 0.375 e. The zero-order valence-electron chi connectivity index (χ0n) is 11.4. The van der Waals surface area contributed by atoms with Crippen LogP contribution in [0.4, 0.5) is 0 Å². The molecule has 17 heavy (non-hydrogen) atoms. The first-order chi connectivity index (χ1) is 8.16. The summed E-state index contributed by atoms with van der Waals surface area (Å²) in [5.41, 5.74) is 0.868. The predicted molar refractivity (Wildman–Crippen MR) is 70.1 cm³/mol. The fourth-order valence-electron chi connectivity index (χ4n) is 3.48. The van der Waals surface area contributed by atoms with Gasteiger partial charge in [-0.2, -0.15) is 0 Å². The van der Waals surface area contributed by atoms with Crippen molar-refractivity contribution in [3.8, 4) is 0 Å². The molecule has 2 unspecified atom stereocenters. The molecule has 2 nitrogen and oxygen atoms in total. The monoisotopic (exact) mass is 237 g/mol. The van der Waals surface area contributed by atoms with Crippen LogP contribution in [0.5, 0.6) is 0 Å². The van der Waals surface area contributed by atoms with E-state index in [2.05, 4.69) is 19.2 Å². The maximum absolute atomic E-state index is 5.91. The van der Waals surface area contributed by atoms with Crippen LogP contribution < -0.4 is 5.32 Å². The minimum absolute atomic E-state index is 0.131. The summed E-state index contributed by atoms with van der Waals surface area (Å²) in [5.74, 6) is 1.08. The van der Waals surface area contributed by atoms with E-state index in [1.807, 2.05) is 0 Å². The molecule has 0 spiro atoms. The zero-order chi connectivity index (χ0) is 11.9. The van der Waals surface area contributed by atoms with E-state index in [0.29, 0.717) is 6.04 Å². The van der Waals surface area contributed by atoms with E-state index < -0.39 is 0 Å². The van der Waals surface area contributed by atoms with Crippen LogP contribution in [0.2, 0.25) is 0 Å². The van der Waals surface area contributed by atoms with Crippen molar-refractivity contribution in [2.24, 2.45) is 11.3 Å². The van der Waals surface area contributed by atoms with Crippen molar-refractivity contribution in [3.63, 3.8) is 0 Å². The third-order valence-electron chi connectivity index (χ3n) is 5.42. The van der Waals surface area contributed by atoms with E-state index in [1.54, 1.807) is 0 Å². The van der Waals surface area contributed by atoms with Gasteiger partial charge in [-0.05, 0) is 63.2 Å². The number of hydrogen-bond acceptors (Lipinski definition) is 2. The molecule has 0 radical (unpaired) electrons. The Bertz CT molecular complexity index is 283. The van der Waals surface area contributed by atoms with Crippen LogP contribution in [0.3, 0.4) is 0 Å². The van der Waals surface area contributed by atoms with Crippen molar-refractivity contribution in [2.75, 3.05) is 13.2 Å². The minimum Gasteiger partial charge on any atom is -0.375 e. The molecule has 3 rings (SSSR count). The molecule has 1 saturated heterocycles. The average Bonchev–Trinajstić information content (AvgIpc) is 3.17. The van der Waals surface area contributed by atoms with E-state index in [4.69, 9.17) is 4.74 Å². The first kappa shape index (κ1) is 12.0. The molecular formula is C15H27NO. The molecule has 2 aliphatic carbocycles. The lowest BCUT2D eigenvalue weighted by Gasteiger charge is -2.38. The van der Waals surface area contributed by atoms with Gasteiger partial charge in [-0.25, -0.2) is 0 Å². The maximum atomic E-state index is 5.91. The third kappa shape index (κ3) is 2.53. The lowest BCUT2D eigenvalue weighted by Crippen LogP contribution is -2.46. The molecule has 3 fully saturated rings. The van der Waals surface area contributed by atoms with Gasteiger partial charge in [0.05, 0.1) is 5.60 Å². The lowest BCUT2D eigenvalue weighted by molar-refractivity contribution is -0.0784. The summed E-state index contributed by atoms with van der Waals surface area (Å²) in [4.78, 5) is 0.